The Hall–Kier alpha value is -1.86. The van der Waals surface area contributed by atoms with E-state index in [-0.39, 0.29) is 18.1 Å². The Morgan fingerprint density at radius 1 is 1.26 bits per heavy atom. The van der Waals surface area contributed by atoms with Crippen molar-refractivity contribution in [2.24, 2.45) is 5.73 Å². The number of nitrogens with zero attached hydrogens (tertiary/aromatic N) is 1. The molecule has 0 saturated carbocycles. The van der Waals surface area contributed by atoms with E-state index in [1.807, 2.05) is 19.1 Å². The molecule has 5 nitrogen and oxygen atoms in total. The lowest BCUT2D eigenvalue weighted by Gasteiger charge is -2.20. The number of benzene rings is 1. The van der Waals surface area contributed by atoms with E-state index in [0.29, 0.717) is 18.8 Å². The number of likely N-dealkylation sites (N-methyl/N-ethyl adjacent to an activating group) is 1. The van der Waals surface area contributed by atoms with Crippen LogP contribution in [0, 0.1) is 0 Å². The average Bonchev–Trinajstić information content (AvgIpc) is 2.95. The van der Waals surface area contributed by atoms with E-state index in [4.69, 9.17) is 10.5 Å². The molecule has 0 radical (unpaired) electrons. The Morgan fingerprint density at radius 2 is 2.00 bits per heavy atom. The molecule has 0 fully saturated rings. The van der Waals surface area contributed by atoms with Crippen molar-refractivity contribution in [3.05, 3.63) is 50.6 Å². The number of ether oxygens (including phenoxy) is 1. The molecule has 0 bridgehead atoms. The summed E-state index contributed by atoms with van der Waals surface area (Å²) in [6.45, 7) is 2.89. The molecule has 0 atom stereocenters. The number of para-hydroxylation sites is 1. The first-order chi connectivity index (χ1) is 11.0. The molecule has 1 aromatic heterocycles. The van der Waals surface area contributed by atoms with Crippen molar-refractivity contribution in [3.8, 4) is 5.75 Å². The van der Waals surface area contributed by atoms with Gasteiger partial charge >= 0.3 is 0 Å². The van der Waals surface area contributed by atoms with Gasteiger partial charge in [0.25, 0.3) is 11.8 Å². The number of nitrogens with two attached hydrogens (primary N) is 1. The Kier molecular flexibility index (Phi) is 6.18. The first kappa shape index (κ1) is 17.5. The van der Waals surface area contributed by atoms with Gasteiger partial charge in [0.1, 0.15) is 5.75 Å². The van der Waals surface area contributed by atoms with Crippen LogP contribution in [0.3, 0.4) is 0 Å². The highest BCUT2D eigenvalue weighted by molar-refractivity contribution is 9.11. The Morgan fingerprint density at radius 3 is 2.61 bits per heavy atom. The van der Waals surface area contributed by atoms with Crippen LogP contribution in [0.25, 0.3) is 0 Å². The van der Waals surface area contributed by atoms with Crippen molar-refractivity contribution in [2.75, 3.05) is 13.2 Å². The maximum absolute atomic E-state index is 12.3. The van der Waals surface area contributed by atoms with E-state index in [1.165, 1.54) is 0 Å². The molecule has 23 heavy (non-hydrogen) atoms. The van der Waals surface area contributed by atoms with Crippen LogP contribution in [-0.4, -0.2) is 29.9 Å². The fraction of sp³-hybridized carbons (Fsp3) is 0.250. The fourth-order valence-corrected chi connectivity index (χ4v) is 3.53. The molecular weight excluding hydrogens is 380 g/mol. The summed E-state index contributed by atoms with van der Waals surface area (Å²) in [4.78, 5) is 26.4. The van der Waals surface area contributed by atoms with E-state index in [9.17, 15) is 9.59 Å². The molecule has 1 heterocycles. The molecule has 0 aliphatic carbocycles. The molecule has 0 spiro atoms. The van der Waals surface area contributed by atoms with Crippen LogP contribution in [0.1, 0.15) is 22.2 Å². The maximum atomic E-state index is 12.3. The molecule has 2 amide bonds. The number of rotatable bonds is 7. The molecule has 1 aromatic carbocycles. The minimum atomic E-state index is -0.580. The quantitative estimate of drug-likeness (QED) is 0.781. The van der Waals surface area contributed by atoms with Crippen LogP contribution < -0.4 is 10.5 Å². The number of hydrogen-bond donors (Lipinski definition) is 1. The number of carbonyl (C=O) groups excluding carboxylic acids is 2. The van der Waals surface area contributed by atoms with Gasteiger partial charge in [0.05, 0.1) is 15.9 Å². The van der Waals surface area contributed by atoms with E-state index in [0.717, 1.165) is 8.66 Å². The molecule has 0 saturated heterocycles. The first-order valence-corrected chi connectivity index (χ1v) is 8.65. The lowest BCUT2D eigenvalue weighted by molar-refractivity contribution is -0.133. The van der Waals surface area contributed by atoms with E-state index < -0.39 is 5.91 Å². The summed E-state index contributed by atoms with van der Waals surface area (Å²) in [5, 5.41) is 0. The van der Waals surface area contributed by atoms with Gasteiger partial charge in [0.2, 0.25) is 0 Å². The van der Waals surface area contributed by atoms with Crippen LogP contribution in [0.2, 0.25) is 0 Å². The number of primary amides is 1. The van der Waals surface area contributed by atoms with Gasteiger partial charge in [-0.1, -0.05) is 12.1 Å². The van der Waals surface area contributed by atoms with Crippen molar-refractivity contribution in [1.82, 2.24) is 4.90 Å². The lowest BCUT2D eigenvalue weighted by Crippen LogP contribution is -2.34. The van der Waals surface area contributed by atoms with Crippen LogP contribution in [0.5, 0.6) is 5.75 Å². The Labute approximate surface area is 147 Å². The zero-order chi connectivity index (χ0) is 16.8. The molecule has 0 aliphatic heterocycles. The zero-order valence-electron chi connectivity index (χ0n) is 12.6. The predicted molar refractivity (Wildman–Crippen MR) is 93.6 cm³/mol. The van der Waals surface area contributed by atoms with Gasteiger partial charge in [0.15, 0.2) is 6.61 Å². The second kappa shape index (κ2) is 8.12. The molecule has 2 rings (SSSR count). The normalized spacial score (nSPS) is 10.3. The zero-order valence-corrected chi connectivity index (χ0v) is 15.0. The largest absolute Gasteiger partial charge is 0.483 e. The number of hydrogen-bond acceptors (Lipinski definition) is 4. The smallest absolute Gasteiger partial charge is 0.260 e. The van der Waals surface area contributed by atoms with E-state index in [2.05, 4.69) is 15.9 Å². The lowest BCUT2D eigenvalue weighted by atomic mass is 10.2. The van der Waals surface area contributed by atoms with Gasteiger partial charge in [-0.25, -0.2) is 0 Å². The van der Waals surface area contributed by atoms with Crippen molar-refractivity contribution >= 4 is 39.1 Å². The van der Waals surface area contributed by atoms with Crippen molar-refractivity contribution in [1.29, 1.82) is 0 Å². The second-order valence-corrected chi connectivity index (χ2v) is 7.31. The Balaban J connectivity index is 1.99. The van der Waals surface area contributed by atoms with Crippen LogP contribution in [0.15, 0.2) is 40.2 Å². The average molecular weight is 397 g/mol. The van der Waals surface area contributed by atoms with Gasteiger partial charge in [-0.15, -0.1) is 11.3 Å². The first-order valence-electron chi connectivity index (χ1n) is 7.05. The second-order valence-electron chi connectivity index (χ2n) is 4.76. The number of carbonyl (C=O) groups is 2. The van der Waals surface area contributed by atoms with Crippen molar-refractivity contribution in [3.63, 3.8) is 0 Å². The van der Waals surface area contributed by atoms with Gasteiger partial charge in [-0.2, -0.15) is 0 Å². The van der Waals surface area contributed by atoms with Crippen LogP contribution in [-0.2, 0) is 11.3 Å². The minimum absolute atomic E-state index is 0.134. The highest BCUT2D eigenvalue weighted by Crippen LogP contribution is 2.23. The minimum Gasteiger partial charge on any atom is -0.483 e. The summed E-state index contributed by atoms with van der Waals surface area (Å²) in [6, 6.07) is 10.6. The molecule has 2 N–H and O–H groups in total. The highest BCUT2D eigenvalue weighted by Gasteiger charge is 2.16. The molecule has 7 heteroatoms. The highest BCUT2D eigenvalue weighted by atomic mass is 79.9. The molecule has 0 aliphatic rings. The molecule has 0 unspecified atom stereocenters. The SMILES string of the molecule is CCN(Cc1ccc(Br)s1)C(=O)COc1ccccc1C(N)=O. The summed E-state index contributed by atoms with van der Waals surface area (Å²) in [5.41, 5.74) is 5.56. The molecule has 122 valence electrons. The predicted octanol–water partition coefficient (Wildman–Crippen LogP) is 3.04. The summed E-state index contributed by atoms with van der Waals surface area (Å²) in [7, 11) is 0. The number of halogens is 1. The number of thiophene rings is 1. The topological polar surface area (TPSA) is 72.6 Å². The third-order valence-corrected chi connectivity index (χ3v) is 4.82. The van der Waals surface area contributed by atoms with Crippen molar-refractivity contribution in [2.45, 2.75) is 13.5 Å². The van der Waals surface area contributed by atoms with Gasteiger partial charge < -0.3 is 15.4 Å². The monoisotopic (exact) mass is 396 g/mol. The standard InChI is InChI=1S/C16H17BrN2O3S/c1-2-19(9-11-7-8-14(17)23-11)15(20)10-22-13-6-4-3-5-12(13)16(18)21/h3-8H,2,9-10H2,1H3,(H2,18,21). The summed E-state index contributed by atoms with van der Waals surface area (Å²) in [6.07, 6.45) is 0. The molecule has 2 aromatic rings. The van der Waals surface area contributed by atoms with Crippen LogP contribution in [0.4, 0.5) is 0 Å². The maximum Gasteiger partial charge on any atom is 0.260 e. The van der Waals surface area contributed by atoms with Gasteiger partial charge in [0, 0.05) is 11.4 Å². The number of amides is 2. The molecular formula is C16H17BrN2O3S. The summed E-state index contributed by atoms with van der Waals surface area (Å²) >= 11 is 5.00. The van der Waals surface area contributed by atoms with Crippen molar-refractivity contribution < 1.29 is 14.3 Å². The van der Waals surface area contributed by atoms with Crippen LogP contribution >= 0.6 is 27.3 Å². The van der Waals surface area contributed by atoms with E-state index >= 15 is 0 Å². The fourth-order valence-electron chi connectivity index (χ4n) is 2.03. The van der Waals surface area contributed by atoms with E-state index in [1.54, 1.807) is 40.5 Å². The third kappa shape index (κ3) is 4.80. The summed E-state index contributed by atoms with van der Waals surface area (Å²) < 4.78 is 6.52. The van der Waals surface area contributed by atoms with Gasteiger partial charge in [-0.3, -0.25) is 9.59 Å². The summed E-state index contributed by atoms with van der Waals surface area (Å²) in [5.74, 6) is -0.400. The Bertz CT molecular complexity index is 702. The van der Waals surface area contributed by atoms with Gasteiger partial charge in [-0.05, 0) is 47.1 Å². The third-order valence-electron chi connectivity index (χ3n) is 3.21.